The maximum atomic E-state index is 12.4. The molecule has 2 amide bonds. The number of nitrogens with zero attached hydrogens (tertiary/aromatic N) is 1. The molecule has 0 saturated carbocycles. The molecule has 2 N–H and O–H groups in total. The fraction of sp³-hybridized carbons (Fsp3) is 0.278. The highest BCUT2D eigenvalue weighted by Gasteiger charge is 2.51. The van der Waals surface area contributed by atoms with Crippen LogP contribution in [0.15, 0.2) is 60.7 Å². The summed E-state index contributed by atoms with van der Waals surface area (Å²) in [5.74, 6) is 0. The van der Waals surface area contributed by atoms with Crippen LogP contribution in [0, 0.1) is 0 Å². The number of hydrogen-bond donors (Lipinski definition) is 2. The zero-order valence-corrected chi connectivity index (χ0v) is 12.5. The monoisotopic (exact) mass is 310 g/mol. The van der Waals surface area contributed by atoms with Crippen molar-refractivity contribution in [3.63, 3.8) is 0 Å². The number of aliphatic hydroxyl groups is 1. The predicted octanol–water partition coefficient (Wildman–Crippen LogP) is 2.21. The van der Waals surface area contributed by atoms with Gasteiger partial charge in [-0.15, -0.1) is 0 Å². The van der Waals surface area contributed by atoms with Crippen molar-refractivity contribution >= 4 is 6.03 Å². The van der Waals surface area contributed by atoms with Crippen molar-refractivity contribution in [3.8, 4) is 0 Å². The van der Waals surface area contributed by atoms with Crippen molar-refractivity contribution in [1.82, 2.24) is 10.2 Å². The van der Waals surface area contributed by atoms with Crippen LogP contribution in [0.2, 0.25) is 0 Å². The van der Waals surface area contributed by atoms with Crippen LogP contribution in [0.25, 0.3) is 0 Å². The molecule has 4 atom stereocenters. The van der Waals surface area contributed by atoms with E-state index in [1.54, 1.807) is 4.90 Å². The number of aliphatic hydroxyl groups excluding tert-OH is 1. The first-order chi connectivity index (χ1) is 11.3. The summed E-state index contributed by atoms with van der Waals surface area (Å²) in [6.07, 6.45) is -1.26. The summed E-state index contributed by atoms with van der Waals surface area (Å²) in [5, 5.41) is 13.5. The highest BCUT2D eigenvalue weighted by atomic mass is 16.5. The Bertz CT molecular complexity index is 692. The molecular weight excluding hydrogens is 292 g/mol. The van der Waals surface area contributed by atoms with Gasteiger partial charge in [0.2, 0.25) is 0 Å². The Morgan fingerprint density at radius 3 is 2.43 bits per heavy atom. The zero-order valence-electron chi connectivity index (χ0n) is 12.5. The van der Waals surface area contributed by atoms with Crippen molar-refractivity contribution in [2.75, 3.05) is 6.61 Å². The lowest BCUT2D eigenvalue weighted by atomic mass is 10.0. The second-order valence-corrected chi connectivity index (χ2v) is 5.89. The van der Waals surface area contributed by atoms with Gasteiger partial charge in [-0.05, 0) is 11.1 Å². The molecule has 2 aromatic rings. The topological polar surface area (TPSA) is 61.8 Å². The molecule has 0 aromatic heterocycles. The van der Waals surface area contributed by atoms with Gasteiger partial charge in [0.1, 0.15) is 12.1 Å². The average molecular weight is 310 g/mol. The Morgan fingerprint density at radius 2 is 1.74 bits per heavy atom. The Balaban J connectivity index is 1.59. The number of rotatable bonds is 3. The van der Waals surface area contributed by atoms with Gasteiger partial charge in [0.05, 0.1) is 12.6 Å². The van der Waals surface area contributed by atoms with Crippen LogP contribution < -0.4 is 5.32 Å². The number of nitrogens with one attached hydrogen (secondary N) is 1. The fourth-order valence-corrected chi connectivity index (χ4v) is 3.37. The number of ether oxygens (including phenoxy) is 1. The van der Waals surface area contributed by atoms with Gasteiger partial charge in [0.25, 0.3) is 0 Å². The molecule has 2 saturated heterocycles. The second kappa shape index (κ2) is 5.68. The first-order valence-corrected chi connectivity index (χ1v) is 7.74. The third-order valence-corrected chi connectivity index (χ3v) is 4.53. The van der Waals surface area contributed by atoms with E-state index in [1.807, 2.05) is 60.7 Å². The van der Waals surface area contributed by atoms with Gasteiger partial charge in [0, 0.05) is 0 Å². The van der Waals surface area contributed by atoms with Crippen molar-refractivity contribution in [2.24, 2.45) is 0 Å². The second-order valence-electron chi connectivity index (χ2n) is 5.89. The first kappa shape index (κ1) is 14.2. The molecule has 5 nitrogen and oxygen atoms in total. The molecule has 2 fully saturated rings. The molecule has 2 aliphatic heterocycles. The summed E-state index contributed by atoms with van der Waals surface area (Å²) in [5.41, 5.74) is 1.81. The van der Waals surface area contributed by atoms with E-state index < -0.39 is 18.4 Å². The molecule has 118 valence electrons. The largest absolute Gasteiger partial charge is 0.386 e. The minimum atomic E-state index is -0.801. The molecule has 0 aliphatic carbocycles. The van der Waals surface area contributed by atoms with Gasteiger partial charge in [-0.2, -0.15) is 0 Å². The number of fused-ring (bicyclic) bond motifs is 1. The molecule has 0 unspecified atom stereocenters. The third kappa shape index (κ3) is 2.38. The molecule has 0 bridgehead atoms. The van der Waals surface area contributed by atoms with Crippen LogP contribution >= 0.6 is 0 Å². The maximum Gasteiger partial charge on any atom is 0.320 e. The lowest BCUT2D eigenvalue weighted by molar-refractivity contribution is 0.00463. The fourth-order valence-electron chi connectivity index (χ4n) is 3.37. The van der Waals surface area contributed by atoms with Gasteiger partial charge in [-0.1, -0.05) is 60.7 Å². The summed E-state index contributed by atoms with van der Waals surface area (Å²) in [7, 11) is 0. The minimum Gasteiger partial charge on any atom is -0.386 e. The molecule has 2 aliphatic rings. The molecule has 4 rings (SSSR count). The van der Waals surface area contributed by atoms with E-state index in [4.69, 9.17) is 4.74 Å². The maximum absolute atomic E-state index is 12.4. The van der Waals surface area contributed by atoms with Crippen LogP contribution in [0.5, 0.6) is 0 Å². The van der Waals surface area contributed by atoms with Gasteiger partial charge in [-0.25, -0.2) is 4.79 Å². The van der Waals surface area contributed by atoms with Gasteiger partial charge >= 0.3 is 6.03 Å². The number of hydrogen-bond acceptors (Lipinski definition) is 3. The molecule has 0 radical (unpaired) electrons. The number of carbonyl (C=O) groups is 1. The van der Waals surface area contributed by atoms with Crippen LogP contribution in [0.4, 0.5) is 4.79 Å². The zero-order chi connectivity index (χ0) is 15.8. The van der Waals surface area contributed by atoms with Crippen molar-refractivity contribution in [3.05, 3.63) is 71.8 Å². The van der Waals surface area contributed by atoms with E-state index in [1.165, 1.54) is 0 Å². The smallest absolute Gasteiger partial charge is 0.320 e. The molecular formula is C18H18N2O3. The summed E-state index contributed by atoms with van der Waals surface area (Å²) in [6.45, 7) is 0.445. The summed E-state index contributed by atoms with van der Waals surface area (Å²) in [4.78, 5) is 14.1. The Hall–Kier alpha value is -2.37. The summed E-state index contributed by atoms with van der Waals surface area (Å²) >= 11 is 0. The van der Waals surface area contributed by atoms with Gasteiger partial charge in [0.15, 0.2) is 6.23 Å². The van der Waals surface area contributed by atoms with E-state index in [0.29, 0.717) is 6.61 Å². The average Bonchev–Trinajstić information content (AvgIpc) is 3.17. The van der Waals surface area contributed by atoms with Crippen molar-refractivity contribution in [1.29, 1.82) is 0 Å². The van der Waals surface area contributed by atoms with E-state index in [-0.39, 0.29) is 12.1 Å². The van der Waals surface area contributed by atoms with Crippen LogP contribution in [-0.4, -0.2) is 34.9 Å². The number of carbonyl (C=O) groups excluding carboxylic acids is 1. The quantitative estimate of drug-likeness (QED) is 0.914. The lowest BCUT2D eigenvalue weighted by Crippen LogP contribution is -2.38. The van der Waals surface area contributed by atoms with Crippen LogP contribution in [0.3, 0.4) is 0 Å². The third-order valence-electron chi connectivity index (χ3n) is 4.53. The van der Waals surface area contributed by atoms with Crippen molar-refractivity contribution in [2.45, 2.75) is 24.4 Å². The molecule has 2 aromatic carbocycles. The standard InChI is InChI=1S/C18H18N2O3/c21-16(13-9-5-2-6-10-13)15-17-20(18(22)19-15)14(11-23-17)12-7-3-1-4-8-12/h1-10,14-17,21H,11H2,(H,19,22)/t14-,15+,16+,17+/m1/s1. The highest BCUT2D eigenvalue weighted by Crippen LogP contribution is 2.38. The van der Waals surface area contributed by atoms with E-state index in [2.05, 4.69) is 5.32 Å². The van der Waals surface area contributed by atoms with Gasteiger partial charge < -0.3 is 15.2 Å². The Morgan fingerprint density at radius 1 is 1.09 bits per heavy atom. The Kier molecular flexibility index (Phi) is 3.52. The molecule has 2 heterocycles. The number of urea groups is 1. The highest BCUT2D eigenvalue weighted by molar-refractivity contribution is 5.78. The van der Waals surface area contributed by atoms with Crippen LogP contribution in [0.1, 0.15) is 23.3 Å². The molecule has 5 heteroatoms. The lowest BCUT2D eigenvalue weighted by Gasteiger charge is -2.24. The van der Waals surface area contributed by atoms with Crippen LogP contribution in [-0.2, 0) is 4.74 Å². The van der Waals surface area contributed by atoms with Crippen molar-refractivity contribution < 1.29 is 14.6 Å². The summed E-state index contributed by atoms with van der Waals surface area (Å²) in [6, 6.07) is 18.4. The first-order valence-electron chi connectivity index (χ1n) is 7.74. The number of amides is 2. The van der Waals surface area contributed by atoms with Gasteiger partial charge in [-0.3, -0.25) is 4.90 Å². The molecule has 23 heavy (non-hydrogen) atoms. The van der Waals surface area contributed by atoms with E-state index in [9.17, 15) is 9.90 Å². The SMILES string of the molecule is O=C1N[C@@H]([C@@H](O)c2ccccc2)[C@@H]2OC[C@H](c3ccccc3)N12. The molecule has 0 spiro atoms. The van der Waals surface area contributed by atoms with E-state index in [0.717, 1.165) is 11.1 Å². The minimum absolute atomic E-state index is 0.117. The normalized spacial score (nSPS) is 27.6. The summed E-state index contributed by atoms with van der Waals surface area (Å²) < 4.78 is 5.85. The Labute approximate surface area is 134 Å². The number of benzene rings is 2. The van der Waals surface area contributed by atoms with E-state index >= 15 is 0 Å². The predicted molar refractivity (Wildman–Crippen MR) is 84.5 cm³/mol.